The van der Waals surface area contributed by atoms with Crippen LogP contribution in [-0.4, -0.2) is 22.5 Å². The third-order valence-electron chi connectivity index (χ3n) is 3.87. The van der Waals surface area contributed by atoms with Gasteiger partial charge in [-0.15, -0.1) is 0 Å². The van der Waals surface area contributed by atoms with Crippen molar-refractivity contribution < 1.29 is 9.90 Å². The highest BCUT2D eigenvalue weighted by Gasteiger charge is 2.13. The number of pyridine rings is 1. The lowest BCUT2D eigenvalue weighted by atomic mass is 10.0. The molecule has 0 fully saturated rings. The number of fused-ring (bicyclic) bond motifs is 1. The summed E-state index contributed by atoms with van der Waals surface area (Å²) in [6.07, 6.45) is 0.899. The van der Waals surface area contributed by atoms with E-state index >= 15 is 0 Å². The van der Waals surface area contributed by atoms with E-state index in [1.54, 1.807) is 25.3 Å². The molecule has 1 unspecified atom stereocenters. The van der Waals surface area contributed by atoms with Crippen molar-refractivity contribution in [3.8, 4) is 0 Å². The summed E-state index contributed by atoms with van der Waals surface area (Å²) in [5.74, 6) is -0.226. The minimum atomic E-state index is -0.750. The van der Waals surface area contributed by atoms with E-state index in [9.17, 15) is 9.90 Å². The molecule has 0 saturated heterocycles. The van der Waals surface area contributed by atoms with Gasteiger partial charge in [-0.3, -0.25) is 9.78 Å². The van der Waals surface area contributed by atoms with Crippen molar-refractivity contribution in [1.29, 1.82) is 0 Å². The Morgan fingerprint density at radius 2 is 1.91 bits per heavy atom. The van der Waals surface area contributed by atoms with Crippen LogP contribution in [0.15, 0.2) is 60.8 Å². The lowest BCUT2D eigenvalue weighted by Crippen LogP contribution is -2.29. The van der Waals surface area contributed by atoms with Gasteiger partial charge in [-0.2, -0.15) is 0 Å². The van der Waals surface area contributed by atoms with Crippen LogP contribution in [0, 0.1) is 6.92 Å². The fourth-order valence-electron chi connectivity index (χ4n) is 2.54. The molecule has 0 aliphatic heterocycles. The molecule has 0 spiro atoms. The second-order valence-electron chi connectivity index (χ2n) is 5.47. The SMILES string of the molecule is Cc1ncccc1C(=O)NCC(O)c1ccc2ccccc2c1. The Morgan fingerprint density at radius 3 is 2.70 bits per heavy atom. The molecule has 4 nitrogen and oxygen atoms in total. The molecule has 0 aliphatic rings. The molecule has 1 aromatic heterocycles. The zero-order valence-corrected chi connectivity index (χ0v) is 12.9. The van der Waals surface area contributed by atoms with E-state index in [-0.39, 0.29) is 12.5 Å². The highest BCUT2D eigenvalue weighted by Crippen LogP contribution is 2.20. The highest BCUT2D eigenvalue weighted by atomic mass is 16.3. The molecule has 116 valence electrons. The highest BCUT2D eigenvalue weighted by molar-refractivity contribution is 5.95. The maximum atomic E-state index is 12.2. The maximum Gasteiger partial charge on any atom is 0.253 e. The molecular formula is C19H18N2O2. The van der Waals surface area contributed by atoms with E-state index in [2.05, 4.69) is 10.3 Å². The number of aryl methyl sites for hydroxylation is 1. The average molecular weight is 306 g/mol. The van der Waals surface area contributed by atoms with Crippen LogP contribution in [0.25, 0.3) is 10.8 Å². The van der Waals surface area contributed by atoms with Crippen LogP contribution >= 0.6 is 0 Å². The summed E-state index contributed by atoms with van der Waals surface area (Å²) in [6, 6.07) is 17.2. The number of rotatable bonds is 4. The van der Waals surface area contributed by atoms with Gasteiger partial charge < -0.3 is 10.4 Å². The number of benzene rings is 2. The lowest BCUT2D eigenvalue weighted by molar-refractivity contribution is 0.0915. The number of aromatic nitrogens is 1. The molecule has 23 heavy (non-hydrogen) atoms. The second-order valence-corrected chi connectivity index (χ2v) is 5.47. The summed E-state index contributed by atoms with van der Waals surface area (Å²) in [7, 11) is 0. The number of aliphatic hydroxyl groups is 1. The van der Waals surface area contributed by atoms with Crippen LogP contribution < -0.4 is 5.32 Å². The topological polar surface area (TPSA) is 62.2 Å². The standard InChI is InChI=1S/C19H18N2O2/c1-13-17(7-4-10-20-13)19(23)21-12-18(22)16-9-8-14-5-2-3-6-15(14)11-16/h2-11,18,22H,12H2,1H3,(H,21,23). The molecule has 0 saturated carbocycles. The van der Waals surface area contributed by atoms with Crippen LogP contribution in [0.3, 0.4) is 0 Å². The number of nitrogens with zero attached hydrogens (tertiary/aromatic N) is 1. The summed E-state index contributed by atoms with van der Waals surface area (Å²) < 4.78 is 0. The summed E-state index contributed by atoms with van der Waals surface area (Å²) in [4.78, 5) is 16.2. The molecule has 1 heterocycles. The Bertz CT molecular complexity index is 845. The number of carbonyl (C=O) groups excluding carboxylic acids is 1. The van der Waals surface area contributed by atoms with Crippen molar-refractivity contribution >= 4 is 16.7 Å². The van der Waals surface area contributed by atoms with E-state index < -0.39 is 6.10 Å². The molecule has 1 amide bonds. The zero-order chi connectivity index (χ0) is 16.2. The predicted octanol–water partition coefficient (Wildman–Crippen LogP) is 3.01. The third kappa shape index (κ3) is 3.38. The lowest BCUT2D eigenvalue weighted by Gasteiger charge is -2.13. The normalized spacial score (nSPS) is 12.1. The summed E-state index contributed by atoms with van der Waals surface area (Å²) in [5.41, 5.74) is 1.98. The second kappa shape index (κ2) is 6.58. The van der Waals surface area contributed by atoms with Crippen molar-refractivity contribution in [3.63, 3.8) is 0 Å². The van der Waals surface area contributed by atoms with Crippen LogP contribution in [0.5, 0.6) is 0 Å². The van der Waals surface area contributed by atoms with E-state index in [0.717, 1.165) is 16.3 Å². The largest absolute Gasteiger partial charge is 0.387 e. The van der Waals surface area contributed by atoms with Gasteiger partial charge in [0.05, 0.1) is 11.7 Å². The van der Waals surface area contributed by atoms with Crippen LogP contribution in [0.4, 0.5) is 0 Å². The summed E-state index contributed by atoms with van der Waals surface area (Å²) in [6.45, 7) is 1.94. The van der Waals surface area contributed by atoms with Crippen LogP contribution in [0.2, 0.25) is 0 Å². The minimum Gasteiger partial charge on any atom is -0.387 e. The van der Waals surface area contributed by atoms with Crippen molar-refractivity contribution in [2.45, 2.75) is 13.0 Å². The Morgan fingerprint density at radius 1 is 1.13 bits per heavy atom. The zero-order valence-electron chi connectivity index (χ0n) is 12.9. The number of nitrogens with one attached hydrogen (secondary N) is 1. The van der Waals surface area contributed by atoms with Gasteiger partial charge in [0, 0.05) is 18.4 Å². The number of amides is 1. The number of carbonyl (C=O) groups is 1. The van der Waals surface area contributed by atoms with Gasteiger partial charge in [-0.1, -0.05) is 36.4 Å². The van der Waals surface area contributed by atoms with Gasteiger partial charge in [0.2, 0.25) is 0 Å². The molecule has 1 atom stereocenters. The first-order valence-corrected chi connectivity index (χ1v) is 7.52. The van der Waals surface area contributed by atoms with Gasteiger partial charge in [0.15, 0.2) is 0 Å². The third-order valence-corrected chi connectivity index (χ3v) is 3.87. The molecule has 2 N–H and O–H groups in total. The van der Waals surface area contributed by atoms with E-state index in [1.807, 2.05) is 42.5 Å². The Balaban J connectivity index is 1.70. The summed E-state index contributed by atoms with van der Waals surface area (Å²) >= 11 is 0. The molecule has 4 heteroatoms. The van der Waals surface area contributed by atoms with Crippen LogP contribution in [-0.2, 0) is 0 Å². The summed E-state index contributed by atoms with van der Waals surface area (Å²) in [5, 5.41) is 15.3. The minimum absolute atomic E-state index is 0.158. The van der Waals surface area contributed by atoms with Crippen molar-refractivity contribution in [3.05, 3.63) is 77.6 Å². The molecule has 0 bridgehead atoms. The van der Waals surface area contributed by atoms with E-state index in [0.29, 0.717) is 11.3 Å². The fourth-order valence-corrected chi connectivity index (χ4v) is 2.54. The van der Waals surface area contributed by atoms with Crippen molar-refractivity contribution in [2.75, 3.05) is 6.54 Å². The Kier molecular flexibility index (Phi) is 4.35. The molecule has 3 aromatic rings. The maximum absolute atomic E-state index is 12.2. The molecule has 3 rings (SSSR count). The van der Waals surface area contributed by atoms with Crippen LogP contribution in [0.1, 0.15) is 27.7 Å². The quantitative estimate of drug-likeness (QED) is 0.779. The van der Waals surface area contributed by atoms with E-state index in [1.165, 1.54) is 0 Å². The number of hydrogen-bond acceptors (Lipinski definition) is 3. The smallest absolute Gasteiger partial charge is 0.253 e. The first-order valence-electron chi connectivity index (χ1n) is 7.52. The van der Waals surface area contributed by atoms with Gasteiger partial charge in [0.25, 0.3) is 5.91 Å². The Labute approximate surface area is 134 Å². The number of aliphatic hydroxyl groups excluding tert-OH is 1. The number of hydrogen-bond donors (Lipinski definition) is 2. The van der Waals surface area contributed by atoms with Crippen molar-refractivity contribution in [2.24, 2.45) is 0 Å². The Hall–Kier alpha value is -2.72. The van der Waals surface area contributed by atoms with E-state index in [4.69, 9.17) is 0 Å². The predicted molar refractivity (Wildman–Crippen MR) is 90.2 cm³/mol. The fraction of sp³-hybridized carbons (Fsp3) is 0.158. The first kappa shape index (κ1) is 15.2. The molecule has 0 radical (unpaired) electrons. The average Bonchev–Trinajstić information content (AvgIpc) is 2.59. The first-order chi connectivity index (χ1) is 11.1. The monoisotopic (exact) mass is 306 g/mol. The van der Waals surface area contributed by atoms with Gasteiger partial charge >= 0.3 is 0 Å². The molecule has 0 aliphatic carbocycles. The van der Waals surface area contributed by atoms with Gasteiger partial charge in [-0.05, 0) is 41.5 Å². The molecule has 2 aromatic carbocycles. The van der Waals surface area contributed by atoms with Crippen molar-refractivity contribution in [1.82, 2.24) is 10.3 Å². The molecular weight excluding hydrogens is 288 g/mol. The van der Waals surface area contributed by atoms with Gasteiger partial charge in [0.1, 0.15) is 0 Å². The van der Waals surface area contributed by atoms with Gasteiger partial charge in [-0.25, -0.2) is 0 Å².